The third-order valence-corrected chi connectivity index (χ3v) is 5.29. The van der Waals surface area contributed by atoms with Crippen LogP contribution in [0.4, 0.5) is 11.5 Å². The van der Waals surface area contributed by atoms with Crippen LogP contribution in [0.5, 0.6) is 0 Å². The standard InChI is InChI=1S/C19H23N7/c1-24-7-8-25-16(12-24)10-18(23-25)22-17-9-15(14-5-3-2-4-6-14)11-26-19(17)20-13-21-26/h5,9-11,13H,2-4,6-8,12H2,1H3,(H,22,23). The minimum absolute atomic E-state index is 0.827. The van der Waals surface area contributed by atoms with E-state index in [4.69, 9.17) is 5.10 Å². The van der Waals surface area contributed by atoms with Crippen LogP contribution in [-0.4, -0.2) is 42.9 Å². The Morgan fingerprint density at radius 3 is 3.00 bits per heavy atom. The summed E-state index contributed by atoms with van der Waals surface area (Å²) in [6, 6.07) is 4.32. The van der Waals surface area contributed by atoms with Crippen LogP contribution in [-0.2, 0) is 13.1 Å². The number of nitrogens with zero attached hydrogens (tertiary/aromatic N) is 6. The molecule has 0 aromatic carbocycles. The normalized spacial score (nSPS) is 18.0. The number of nitrogens with one attached hydrogen (secondary N) is 1. The second-order valence-corrected chi connectivity index (χ2v) is 7.25. The van der Waals surface area contributed by atoms with E-state index >= 15 is 0 Å². The van der Waals surface area contributed by atoms with Crippen molar-refractivity contribution >= 4 is 22.7 Å². The SMILES string of the molecule is CN1CCn2nc(Nc3cc(C4=CCCCC4)cn4ncnc34)cc2C1. The van der Waals surface area contributed by atoms with E-state index in [0.717, 1.165) is 49.6 Å². The van der Waals surface area contributed by atoms with Gasteiger partial charge in [0.1, 0.15) is 6.33 Å². The van der Waals surface area contributed by atoms with E-state index < -0.39 is 0 Å². The maximum atomic E-state index is 4.72. The van der Waals surface area contributed by atoms with Crippen molar-refractivity contribution in [2.45, 2.75) is 38.8 Å². The number of pyridine rings is 1. The predicted octanol–water partition coefficient (Wildman–Crippen LogP) is 3.07. The molecule has 0 atom stereocenters. The van der Waals surface area contributed by atoms with Crippen LogP contribution in [0.3, 0.4) is 0 Å². The molecule has 0 saturated heterocycles. The van der Waals surface area contributed by atoms with Gasteiger partial charge in [-0.15, -0.1) is 0 Å². The zero-order valence-electron chi connectivity index (χ0n) is 15.0. The molecule has 5 rings (SSSR count). The molecule has 134 valence electrons. The van der Waals surface area contributed by atoms with E-state index in [-0.39, 0.29) is 0 Å². The highest BCUT2D eigenvalue weighted by Gasteiger charge is 2.17. The predicted molar refractivity (Wildman–Crippen MR) is 101 cm³/mol. The third kappa shape index (κ3) is 2.78. The maximum absolute atomic E-state index is 4.72. The summed E-state index contributed by atoms with van der Waals surface area (Å²) in [6.45, 7) is 2.90. The van der Waals surface area contributed by atoms with Gasteiger partial charge in [-0.1, -0.05) is 6.08 Å². The fourth-order valence-corrected chi connectivity index (χ4v) is 3.89. The topological polar surface area (TPSA) is 63.3 Å². The summed E-state index contributed by atoms with van der Waals surface area (Å²) in [7, 11) is 2.14. The first-order valence-electron chi connectivity index (χ1n) is 9.31. The molecule has 26 heavy (non-hydrogen) atoms. The lowest BCUT2D eigenvalue weighted by molar-refractivity contribution is 0.259. The smallest absolute Gasteiger partial charge is 0.178 e. The van der Waals surface area contributed by atoms with E-state index in [1.807, 2.05) is 4.52 Å². The number of hydrogen-bond acceptors (Lipinski definition) is 5. The average molecular weight is 349 g/mol. The summed E-state index contributed by atoms with van der Waals surface area (Å²) >= 11 is 0. The molecule has 4 heterocycles. The van der Waals surface area contributed by atoms with Crippen LogP contribution in [0.25, 0.3) is 11.2 Å². The van der Waals surface area contributed by atoms with E-state index in [1.54, 1.807) is 6.33 Å². The number of fused-ring (bicyclic) bond motifs is 2. The molecule has 7 heteroatoms. The first kappa shape index (κ1) is 15.6. The zero-order valence-corrected chi connectivity index (χ0v) is 15.0. The fraction of sp³-hybridized carbons (Fsp3) is 0.421. The van der Waals surface area contributed by atoms with Gasteiger partial charge in [-0.2, -0.15) is 10.2 Å². The molecule has 1 N–H and O–H groups in total. The minimum atomic E-state index is 0.827. The van der Waals surface area contributed by atoms with Gasteiger partial charge in [0, 0.05) is 25.4 Å². The van der Waals surface area contributed by atoms with Gasteiger partial charge in [0.2, 0.25) is 0 Å². The number of hydrogen-bond donors (Lipinski definition) is 1. The van der Waals surface area contributed by atoms with Crippen molar-refractivity contribution in [1.29, 1.82) is 0 Å². The zero-order chi connectivity index (χ0) is 17.5. The molecular formula is C19H23N7. The quantitative estimate of drug-likeness (QED) is 0.787. The Hall–Kier alpha value is -2.67. The highest BCUT2D eigenvalue weighted by Crippen LogP contribution is 2.30. The van der Waals surface area contributed by atoms with Crippen molar-refractivity contribution in [3.05, 3.63) is 42.0 Å². The van der Waals surface area contributed by atoms with Crippen LogP contribution in [0.15, 0.2) is 30.7 Å². The lowest BCUT2D eigenvalue weighted by Gasteiger charge is -2.22. The molecule has 0 radical (unpaired) electrons. The Balaban J connectivity index is 1.52. The molecule has 0 saturated carbocycles. The summed E-state index contributed by atoms with van der Waals surface area (Å²) in [6.07, 6.45) is 10.9. The molecule has 0 spiro atoms. The number of anilines is 2. The van der Waals surface area contributed by atoms with Crippen molar-refractivity contribution in [3.8, 4) is 0 Å². The molecule has 3 aromatic rings. The number of aromatic nitrogens is 5. The fourth-order valence-electron chi connectivity index (χ4n) is 3.89. The highest BCUT2D eigenvalue weighted by atomic mass is 15.4. The molecule has 0 unspecified atom stereocenters. The van der Waals surface area contributed by atoms with Gasteiger partial charge in [0.05, 0.1) is 17.9 Å². The summed E-state index contributed by atoms with van der Waals surface area (Å²) in [5.41, 5.74) is 5.64. The van der Waals surface area contributed by atoms with Crippen LogP contribution < -0.4 is 5.32 Å². The van der Waals surface area contributed by atoms with Crippen LogP contribution in [0.2, 0.25) is 0 Å². The molecule has 2 aliphatic rings. The van der Waals surface area contributed by atoms with Crippen molar-refractivity contribution in [3.63, 3.8) is 0 Å². The summed E-state index contributed by atoms with van der Waals surface area (Å²) in [5, 5.41) is 12.6. The molecule has 1 aliphatic heterocycles. The van der Waals surface area contributed by atoms with Crippen molar-refractivity contribution in [2.75, 3.05) is 18.9 Å². The van der Waals surface area contributed by atoms with E-state index in [0.29, 0.717) is 0 Å². The van der Waals surface area contributed by atoms with Crippen molar-refractivity contribution < 1.29 is 0 Å². The second-order valence-electron chi connectivity index (χ2n) is 7.25. The average Bonchev–Trinajstić information content (AvgIpc) is 3.28. The lowest BCUT2D eigenvalue weighted by atomic mass is 9.94. The highest BCUT2D eigenvalue weighted by molar-refractivity contribution is 5.78. The van der Waals surface area contributed by atoms with Gasteiger partial charge in [0.15, 0.2) is 11.5 Å². The third-order valence-electron chi connectivity index (χ3n) is 5.29. The van der Waals surface area contributed by atoms with Gasteiger partial charge >= 0.3 is 0 Å². The van der Waals surface area contributed by atoms with Crippen molar-refractivity contribution in [1.82, 2.24) is 29.3 Å². The van der Waals surface area contributed by atoms with E-state index in [1.165, 1.54) is 29.7 Å². The molecular weight excluding hydrogens is 326 g/mol. The van der Waals surface area contributed by atoms with E-state index in [2.05, 4.69) is 56.4 Å². The van der Waals surface area contributed by atoms with Crippen LogP contribution in [0, 0.1) is 0 Å². The molecule has 0 bridgehead atoms. The monoisotopic (exact) mass is 349 g/mol. The molecule has 1 aliphatic carbocycles. The second kappa shape index (κ2) is 6.25. The number of allylic oxidation sites excluding steroid dienone is 2. The van der Waals surface area contributed by atoms with Gasteiger partial charge in [-0.3, -0.25) is 9.58 Å². The maximum Gasteiger partial charge on any atom is 0.178 e. The van der Waals surface area contributed by atoms with Gasteiger partial charge in [-0.25, -0.2) is 9.50 Å². The number of rotatable bonds is 3. The Bertz CT molecular complexity index is 981. The van der Waals surface area contributed by atoms with Crippen LogP contribution >= 0.6 is 0 Å². The van der Waals surface area contributed by atoms with Gasteiger partial charge < -0.3 is 5.32 Å². The first-order valence-corrected chi connectivity index (χ1v) is 9.31. The number of likely N-dealkylation sites (N-methyl/N-ethyl adjacent to an activating group) is 1. The molecule has 3 aromatic heterocycles. The first-order chi connectivity index (χ1) is 12.8. The van der Waals surface area contributed by atoms with Crippen molar-refractivity contribution in [2.24, 2.45) is 0 Å². The van der Waals surface area contributed by atoms with Gasteiger partial charge in [0.25, 0.3) is 0 Å². The largest absolute Gasteiger partial charge is 0.336 e. The summed E-state index contributed by atoms with van der Waals surface area (Å²) < 4.78 is 3.95. The molecule has 0 amide bonds. The summed E-state index contributed by atoms with van der Waals surface area (Å²) in [5.74, 6) is 0.870. The molecule has 7 nitrogen and oxygen atoms in total. The summed E-state index contributed by atoms with van der Waals surface area (Å²) in [4.78, 5) is 6.74. The Morgan fingerprint density at radius 1 is 1.15 bits per heavy atom. The minimum Gasteiger partial charge on any atom is -0.336 e. The Morgan fingerprint density at radius 2 is 2.12 bits per heavy atom. The lowest BCUT2D eigenvalue weighted by Crippen LogP contribution is -2.30. The Kier molecular flexibility index (Phi) is 3.74. The Labute approximate surface area is 152 Å². The van der Waals surface area contributed by atoms with E-state index in [9.17, 15) is 0 Å². The van der Waals surface area contributed by atoms with Gasteiger partial charge in [-0.05, 0) is 49.9 Å². The van der Waals surface area contributed by atoms with Crippen LogP contribution in [0.1, 0.15) is 36.9 Å². The molecule has 0 fully saturated rings.